The number of benzene rings is 2. The van der Waals surface area contributed by atoms with Crippen molar-refractivity contribution in [2.24, 2.45) is 4.99 Å². The van der Waals surface area contributed by atoms with E-state index in [-0.39, 0.29) is 0 Å². The van der Waals surface area contributed by atoms with Crippen molar-refractivity contribution in [3.05, 3.63) is 54.6 Å². The van der Waals surface area contributed by atoms with E-state index in [0.717, 1.165) is 17.1 Å². The molecule has 2 heteroatoms. The number of rotatable bonds is 3. The monoisotopic (exact) mass is 210 g/mol. The number of nitrogens with zero attached hydrogens (tertiary/aromatic N) is 1. The molecule has 0 saturated heterocycles. The van der Waals surface area contributed by atoms with Gasteiger partial charge in [0.2, 0.25) is 0 Å². The molecule has 0 spiro atoms. The summed E-state index contributed by atoms with van der Waals surface area (Å²) in [6.45, 7) is 1.91. The topological polar surface area (TPSA) is 24.4 Å². The standard InChI is InChI=1S/C14H14N2/c1-2-15-12-8-10-14(11-9-12)16-13-6-4-3-5-7-13/h2-11,16H,1H3. The third-order valence-electron chi connectivity index (χ3n) is 2.21. The van der Waals surface area contributed by atoms with Crippen molar-refractivity contribution in [3.8, 4) is 0 Å². The predicted octanol–water partition coefficient (Wildman–Crippen LogP) is 4.15. The normalized spacial score (nSPS) is 10.6. The van der Waals surface area contributed by atoms with Crippen LogP contribution < -0.4 is 5.32 Å². The maximum Gasteiger partial charge on any atom is 0.0627 e. The Morgan fingerprint density at radius 3 is 2.12 bits per heavy atom. The smallest absolute Gasteiger partial charge is 0.0627 e. The van der Waals surface area contributed by atoms with Gasteiger partial charge >= 0.3 is 0 Å². The fourth-order valence-electron chi connectivity index (χ4n) is 1.47. The van der Waals surface area contributed by atoms with Crippen LogP contribution >= 0.6 is 0 Å². The van der Waals surface area contributed by atoms with Gasteiger partial charge in [-0.1, -0.05) is 18.2 Å². The van der Waals surface area contributed by atoms with Crippen molar-refractivity contribution in [2.75, 3.05) is 5.32 Å². The molecule has 0 fully saturated rings. The van der Waals surface area contributed by atoms with Gasteiger partial charge in [0.1, 0.15) is 0 Å². The number of hydrogen-bond donors (Lipinski definition) is 1. The lowest BCUT2D eigenvalue weighted by Crippen LogP contribution is -1.88. The molecule has 0 aliphatic rings. The molecule has 0 saturated carbocycles. The second kappa shape index (κ2) is 5.12. The SMILES string of the molecule is CC=Nc1ccc(Nc2ccccc2)cc1. The van der Waals surface area contributed by atoms with Crippen LogP contribution in [0.2, 0.25) is 0 Å². The van der Waals surface area contributed by atoms with E-state index < -0.39 is 0 Å². The molecule has 0 bridgehead atoms. The zero-order valence-corrected chi connectivity index (χ0v) is 9.22. The number of hydrogen-bond acceptors (Lipinski definition) is 2. The zero-order valence-electron chi connectivity index (χ0n) is 9.22. The van der Waals surface area contributed by atoms with Crippen LogP contribution in [0.25, 0.3) is 0 Å². The Morgan fingerprint density at radius 2 is 1.50 bits per heavy atom. The fourth-order valence-corrected chi connectivity index (χ4v) is 1.47. The summed E-state index contributed by atoms with van der Waals surface area (Å²) < 4.78 is 0. The van der Waals surface area contributed by atoms with E-state index in [9.17, 15) is 0 Å². The van der Waals surface area contributed by atoms with E-state index in [2.05, 4.69) is 10.3 Å². The molecule has 0 atom stereocenters. The van der Waals surface area contributed by atoms with Crippen LogP contribution in [0.1, 0.15) is 6.92 Å². The largest absolute Gasteiger partial charge is 0.356 e. The first-order chi connectivity index (χ1) is 7.88. The summed E-state index contributed by atoms with van der Waals surface area (Å²) in [5.41, 5.74) is 3.14. The van der Waals surface area contributed by atoms with Crippen molar-refractivity contribution in [1.82, 2.24) is 0 Å². The molecule has 1 N–H and O–H groups in total. The second-order valence-corrected chi connectivity index (χ2v) is 3.43. The number of aliphatic imine (C=N–C) groups is 1. The first-order valence-corrected chi connectivity index (χ1v) is 5.29. The molecule has 0 aliphatic carbocycles. The molecule has 2 aromatic carbocycles. The third kappa shape index (κ3) is 2.70. The van der Waals surface area contributed by atoms with Crippen LogP contribution in [0.3, 0.4) is 0 Å². The highest BCUT2D eigenvalue weighted by Gasteiger charge is 1.93. The van der Waals surface area contributed by atoms with Crippen molar-refractivity contribution in [2.45, 2.75) is 6.92 Å². The summed E-state index contributed by atoms with van der Waals surface area (Å²) in [5, 5.41) is 3.32. The van der Waals surface area contributed by atoms with Gasteiger partial charge in [-0.15, -0.1) is 0 Å². The first kappa shape index (κ1) is 10.4. The minimum atomic E-state index is 0.973. The van der Waals surface area contributed by atoms with Gasteiger partial charge in [0.15, 0.2) is 0 Å². The van der Waals surface area contributed by atoms with E-state index in [1.165, 1.54) is 0 Å². The van der Waals surface area contributed by atoms with Gasteiger partial charge in [-0.3, -0.25) is 4.99 Å². The van der Waals surface area contributed by atoms with Gasteiger partial charge in [-0.2, -0.15) is 0 Å². The van der Waals surface area contributed by atoms with Gasteiger partial charge in [0.25, 0.3) is 0 Å². The van der Waals surface area contributed by atoms with Gasteiger partial charge in [-0.25, -0.2) is 0 Å². The van der Waals surface area contributed by atoms with Crippen LogP contribution in [0.4, 0.5) is 17.1 Å². The molecule has 0 aliphatic heterocycles. The summed E-state index contributed by atoms with van der Waals surface area (Å²) in [7, 11) is 0. The average Bonchev–Trinajstić information content (AvgIpc) is 2.33. The van der Waals surface area contributed by atoms with Crippen LogP contribution in [0.5, 0.6) is 0 Å². The summed E-state index contributed by atoms with van der Waals surface area (Å²) in [6, 6.07) is 18.1. The Kier molecular flexibility index (Phi) is 3.34. The molecule has 0 radical (unpaired) electrons. The van der Waals surface area contributed by atoms with Crippen molar-refractivity contribution in [1.29, 1.82) is 0 Å². The van der Waals surface area contributed by atoms with Gasteiger partial charge in [-0.05, 0) is 43.3 Å². The Hall–Kier alpha value is -2.09. The predicted molar refractivity (Wildman–Crippen MR) is 70.0 cm³/mol. The highest BCUT2D eigenvalue weighted by atomic mass is 14.9. The maximum absolute atomic E-state index is 4.20. The molecule has 80 valence electrons. The van der Waals surface area contributed by atoms with E-state index in [1.54, 1.807) is 6.21 Å². The highest BCUT2D eigenvalue weighted by Crippen LogP contribution is 2.19. The fraction of sp³-hybridized carbons (Fsp3) is 0.0714. The molecule has 0 amide bonds. The van der Waals surface area contributed by atoms with Crippen molar-refractivity contribution < 1.29 is 0 Å². The molecule has 16 heavy (non-hydrogen) atoms. The lowest BCUT2D eigenvalue weighted by molar-refractivity contribution is 1.50. The number of anilines is 2. The molecule has 2 rings (SSSR count). The summed E-state index contributed by atoms with van der Waals surface area (Å²) in [6.07, 6.45) is 1.79. The average molecular weight is 210 g/mol. The quantitative estimate of drug-likeness (QED) is 0.756. The summed E-state index contributed by atoms with van der Waals surface area (Å²) in [4.78, 5) is 4.20. The zero-order chi connectivity index (χ0) is 11.2. The molecule has 0 heterocycles. The Morgan fingerprint density at radius 1 is 0.875 bits per heavy atom. The van der Waals surface area contributed by atoms with Crippen LogP contribution in [0, 0.1) is 0 Å². The van der Waals surface area contributed by atoms with Gasteiger partial charge < -0.3 is 5.32 Å². The lowest BCUT2D eigenvalue weighted by atomic mass is 10.2. The van der Waals surface area contributed by atoms with Gasteiger partial charge in [0, 0.05) is 17.6 Å². The van der Waals surface area contributed by atoms with E-state index in [1.807, 2.05) is 61.5 Å². The van der Waals surface area contributed by atoms with Crippen LogP contribution in [-0.2, 0) is 0 Å². The second-order valence-electron chi connectivity index (χ2n) is 3.43. The number of nitrogens with one attached hydrogen (secondary N) is 1. The highest BCUT2D eigenvalue weighted by molar-refractivity contribution is 5.64. The first-order valence-electron chi connectivity index (χ1n) is 5.29. The van der Waals surface area contributed by atoms with Crippen molar-refractivity contribution in [3.63, 3.8) is 0 Å². The molecule has 0 aromatic heterocycles. The lowest BCUT2D eigenvalue weighted by Gasteiger charge is -2.05. The Bertz CT molecular complexity index is 458. The number of para-hydroxylation sites is 1. The summed E-state index contributed by atoms with van der Waals surface area (Å²) in [5.74, 6) is 0. The van der Waals surface area contributed by atoms with E-state index >= 15 is 0 Å². The minimum absolute atomic E-state index is 0.973. The Balaban J connectivity index is 2.11. The van der Waals surface area contributed by atoms with Crippen LogP contribution in [0.15, 0.2) is 59.6 Å². The molecular weight excluding hydrogens is 196 g/mol. The molecule has 0 unspecified atom stereocenters. The maximum atomic E-state index is 4.20. The third-order valence-corrected chi connectivity index (χ3v) is 2.21. The van der Waals surface area contributed by atoms with E-state index in [4.69, 9.17) is 0 Å². The van der Waals surface area contributed by atoms with E-state index in [0.29, 0.717) is 0 Å². The van der Waals surface area contributed by atoms with Gasteiger partial charge in [0.05, 0.1) is 5.69 Å². The minimum Gasteiger partial charge on any atom is -0.356 e. The Labute approximate surface area is 95.7 Å². The summed E-state index contributed by atoms with van der Waals surface area (Å²) >= 11 is 0. The molecule has 2 nitrogen and oxygen atoms in total. The van der Waals surface area contributed by atoms with Crippen molar-refractivity contribution >= 4 is 23.3 Å². The van der Waals surface area contributed by atoms with Crippen LogP contribution in [-0.4, -0.2) is 6.21 Å². The molecule has 2 aromatic rings. The molecular formula is C14H14N2.